The molecule has 0 aliphatic carbocycles. The Hall–Kier alpha value is -1.96. The zero-order valence-corrected chi connectivity index (χ0v) is 14.2. The summed E-state index contributed by atoms with van der Waals surface area (Å²) in [6.45, 7) is 3.24. The van der Waals surface area contributed by atoms with Crippen LogP contribution in [0.5, 0.6) is 0 Å². The number of hydrogen-bond acceptors (Lipinski definition) is 7. The Balaban J connectivity index is 2.21. The van der Waals surface area contributed by atoms with Crippen LogP contribution in [0.15, 0.2) is 30.3 Å². The summed E-state index contributed by atoms with van der Waals surface area (Å²) in [6, 6.07) is 9.43. The minimum Gasteiger partial charge on any atom is -0.467 e. The van der Waals surface area contributed by atoms with E-state index < -0.39 is 29.4 Å². The van der Waals surface area contributed by atoms with Crippen LogP contribution in [-0.2, 0) is 39.9 Å². The normalized spacial score (nSPS) is 25.2. The van der Waals surface area contributed by atoms with Gasteiger partial charge >= 0.3 is 11.9 Å². The van der Waals surface area contributed by atoms with E-state index in [1.807, 2.05) is 30.3 Å². The van der Waals surface area contributed by atoms with Gasteiger partial charge in [0.25, 0.3) is 0 Å². The van der Waals surface area contributed by atoms with Crippen LogP contribution in [0.4, 0.5) is 0 Å². The fourth-order valence-corrected chi connectivity index (χ4v) is 2.62. The fraction of sp³-hybridized carbons (Fsp3) is 0.529. The lowest BCUT2D eigenvalue weighted by atomic mass is 9.97. The number of carbonyl (C=O) groups is 2. The summed E-state index contributed by atoms with van der Waals surface area (Å²) in [5.41, 5.74) is -0.801. The minimum atomic E-state index is -1.72. The molecule has 7 heteroatoms. The Morgan fingerprint density at radius 1 is 1.12 bits per heavy atom. The Bertz CT molecular complexity index is 584. The van der Waals surface area contributed by atoms with Gasteiger partial charge in [0.05, 0.1) is 27.4 Å². The zero-order chi connectivity index (χ0) is 17.8. The third kappa shape index (κ3) is 3.75. The summed E-state index contributed by atoms with van der Waals surface area (Å²) in [7, 11) is 2.42. The molecule has 1 saturated heterocycles. The molecule has 0 N–H and O–H groups in total. The van der Waals surface area contributed by atoms with Crippen molar-refractivity contribution in [1.82, 2.24) is 0 Å². The Morgan fingerprint density at radius 2 is 1.79 bits per heavy atom. The number of methoxy groups -OCH3 is 2. The van der Waals surface area contributed by atoms with Gasteiger partial charge in [-0.15, -0.1) is 0 Å². The molecule has 0 amide bonds. The van der Waals surface area contributed by atoms with Crippen molar-refractivity contribution in [2.75, 3.05) is 20.8 Å². The van der Waals surface area contributed by atoms with Crippen molar-refractivity contribution in [3.63, 3.8) is 0 Å². The summed E-state index contributed by atoms with van der Waals surface area (Å²) < 4.78 is 26.5. The lowest BCUT2D eigenvalue weighted by Gasteiger charge is -2.28. The van der Waals surface area contributed by atoms with Gasteiger partial charge in [-0.25, -0.2) is 9.59 Å². The molecule has 0 bridgehead atoms. The standard InChI is InChI=1S/C17H22O7/c1-16(2)23-13(14(18)20-3)17(24-16,15(19)21-4)11-22-10-12-8-6-5-7-9-12/h5-9,13H,10-11H2,1-4H3. The molecule has 7 nitrogen and oxygen atoms in total. The topological polar surface area (TPSA) is 80.3 Å². The molecule has 1 aliphatic heterocycles. The summed E-state index contributed by atoms with van der Waals surface area (Å²) in [6.07, 6.45) is -1.28. The van der Waals surface area contributed by atoms with Gasteiger partial charge in [0.15, 0.2) is 11.9 Å². The molecule has 0 radical (unpaired) electrons. The predicted molar refractivity (Wildman–Crippen MR) is 82.9 cm³/mol. The molecule has 1 aromatic carbocycles. The average molecular weight is 338 g/mol. The number of ether oxygens (including phenoxy) is 5. The molecule has 1 aliphatic rings. The maximum atomic E-state index is 12.4. The van der Waals surface area contributed by atoms with Crippen LogP contribution in [0.1, 0.15) is 19.4 Å². The zero-order valence-electron chi connectivity index (χ0n) is 14.2. The van der Waals surface area contributed by atoms with Gasteiger partial charge in [0, 0.05) is 0 Å². The lowest BCUT2D eigenvalue weighted by molar-refractivity contribution is -0.197. The quantitative estimate of drug-likeness (QED) is 0.726. The summed E-state index contributed by atoms with van der Waals surface area (Å²) >= 11 is 0. The average Bonchev–Trinajstić information content (AvgIpc) is 2.86. The highest BCUT2D eigenvalue weighted by molar-refractivity contribution is 5.90. The van der Waals surface area contributed by atoms with Gasteiger partial charge in [0.2, 0.25) is 5.60 Å². The first-order valence-corrected chi connectivity index (χ1v) is 7.50. The van der Waals surface area contributed by atoms with E-state index in [-0.39, 0.29) is 13.2 Å². The van der Waals surface area contributed by atoms with E-state index in [1.165, 1.54) is 14.2 Å². The molecule has 2 unspecified atom stereocenters. The minimum absolute atomic E-state index is 0.211. The number of esters is 2. The van der Waals surface area contributed by atoms with E-state index in [4.69, 9.17) is 23.7 Å². The molecule has 0 saturated carbocycles. The third-order valence-electron chi connectivity index (χ3n) is 3.63. The Labute approximate surface area is 140 Å². The molecule has 1 heterocycles. The van der Waals surface area contributed by atoms with Gasteiger partial charge in [-0.05, 0) is 19.4 Å². The molecule has 132 valence electrons. The summed E-state index contributed by atoms with van der Waals surface area (Å²) in [5, 5.41) is 0. The van der Waals surface area contributed by atoms with E-state index in [1.54, 1.807) is 13.8 Å². The maximum absolute atomic E-state index is 12.4. The number of benzene rings is 1. The number of carbonyl (C=O) groups excluding carboxylic acids is 2. The largest absolute Gasteiger partial charge is 0.467 e. The highest BCUT2D eigenvalue weighted by Crippen LogP contribution is 2.38. The molecule has 0 spiro atoms. The summed E-state index contributed by atoms with van der Waals surface area (Å²) in [5.74, 6) is -2.64. The lowest BCUT2D eigenvalue weighted by Crippen LogP contribution is -2.55. The summed E-state index contributed by atoms with van der Waals surface area (Å²) in [4.78, 5) is 24.5. The first-order valence-electron chi connectivity index (χ1n) is 7.50. The van der Waals surface area contributed by atoms with Crippen molar-refractivity contribution in [3.8, 4) is 0 Å². The van der Waals surface area contributed by atoms with Crippen molar-refractivity contribution >= 4 is 11.9 Å². The van der Waals surface area contributed by atoms with Crippen LogP contribution in [-0.4, -0.2) is 50.3 Å². The van der Waals surface area contributed by atoms with Gasteiger partial charge in [-0.1, -0.05) is 30.3 Å². The van der Waals surface area contributed by atoms with E-state index in [0.717, 1.165) is 5.56 Å². The smallest absolute Gasteiger partial charge is 0.344 e. The number of rotatable bonds is 6. The number of hydrogen-bond donors (Lipinski definition) is 0. The SMILES string of the molecule is COC(=O)C1OC(C)(C)OC1(COCc1ccccc1)C(=O)OC. The van der Waals surface area contributed by atoms with Crippen molar-refractivity contribution in [1.29, 1.82) is 0 Å². The van der Waals surface area contributed by atoms with E-state index in [0.29, 0.717) is 0 Å². The monoisotopic (exact) mass is 338 g/mol. The van der Waals surface area contributed by atoms with E-state index >= 15 is 0 Å². The van der Waals surface area contributed by atoms with Crippen molar-refractivity contribution in [2.24, 2.45) is 0 Å². The van der Waals surface area contributed by atoms with Crippen LogP contribution in [0.25, 0.3) is 0 Å². The predicted octanol–water partition coefficient (Wildman–Crippen LogP) is 1.44. The molecule has 24 heavy (non-hydrogen) atoms. The molecular weight excluding hydrogens is 316 g/mol. The van der Waals surface area contributed by atoms with Gasteiger partial charge in [-0.3, -0.25) is 0 Å². The van der Waals surface area contributed by atoms with Crippen LogP contribution in [0, 0.1) is 0 Å². The second-order valence-corrected chi connectivity index (χ2v) is 5.88. The van der Waals surface area contributed by atoms with Crippen molar-refractivity contribution < 1.29 is 33.3 Å². The molecular formula is C17H22O7. The van der Waals surface area contributed by atoms with Crippen LogP contribution in [0.2, 0.25) is 0 Å². The first-order chi connectivity index (χ1) is 11.3. The van der Waals surface area contributed by atoms with E-state index in [2.05, 4.69) is 0 Å². The Morgan fingerprint density at radius 3 is 2.38 bits per heavy atom. The molecule has 2 rings (SSSR count). The highest BCUT2D eigenvalue weighted by atomic mass is 16.8. The van der Waals surface area contributed by atoms with E-state index in [9.17, 15) is 9.59 Å². The molecule has 1 aromatic rings. The van der Waals surface area contributed by atoms with Crippen molar-refractivity contribution in [2.45, 2.75) is 37.9 Å². The molecule has 0 aromatic heterocycles. The van der Waals surface area contributed by atoms with Crippen LogP contribution in [0.3, 0.4) is 0 Å². The molecule has 2 atom stereocenters. The Kier molecular flexibility index (Phi) is 5.58. The van der Waals surface area contributed by atoms with Gasteiger partial charge < -0.3 is 23.7 Å². The van der Waals surface area contributed by atoms with Crippen LogP contribution >= 0.6 is 0 Å². The molecule has 1 fully saturated rings. The maximum Gasteiger partial charge on any atom is 0.344 e. The van der Waals surface area contributed by atoms with Crippen LogP contribution < -0.4 is 0 Å². The highest BCUT2D eigenvalue weighted by Gasteiger charge is 2.63. The van der Waals surface area contributed by atoms with Gasteiger partial charge in [-0.2, -0.15) is 0 Å². The second-order valence-electron chi connectivity index (χ2n) is 5.88. The fourth-order valence-electron chi connectivity index (χ4n) is 2.62. The first kappa shape index (κ1) is 18.4. The van der Waals surface area contributed by atoms with Crippen molar-refractivity contribution in [3.05, 3.63) is 35.9 Å². The van der Waals surface area contributed by atoms with Gasteiger partial charge in [0.1, 0.15) is 0 Å². The second kappa shape index (κ2) is 7.29. The third-order valence-corrected chi connectivity index (χ3v) is 3.63.